The van der Waals surface area contributed by atoms with Crippen LogP contribution >= 0.6 is 0 Å². The first-order valence-corrected chi connectivity index (χ1v) is 5.27. The summed E-state index contributed by atoms with van der Waals surface area (Å²) in [6.45, 7) is 0.684. The highest BCUT2D eigenvalue weighted by Crippen LogP contribution is 2.21. The fraction of sp³-hybridized carbons (Fsp3) is 0.417. The van der Waals surface area contributed by atoms with Crippen molar-refractivity contribution in [2.75, 3.05) is 6.61 Å². The average molecular weight is 221 g/mol. The predicted molar refractivity (Wildman–Crippen MR) is 55.3 cm³/mol. The van der Waals surface area contributed by atoms with Crippen LogP contribution < -0.4 is 4.74 Å². The van der Waals surface area contributed by atoms with Gasteiger partial charge < -0.3 is 9.47 Å². The highest BCUT2D eigenvalue weighted by atomic mass is 19.1. The molecule has 1 aliphatic rings. The molecule has 1 atom stereocenters. The number of halogens is 1. The van der Waals surface area contributed by atoms with Crippen LogP contribution in [-0.4, -0.2) is 12.9 Å². The first-order chi connectivity index (χ1) is 7.79. The van der Waals surface area contributed by atoms with Crippen molar-refractivity contribution in [2.45, 2.75) is 25.6 Å². The Hall–Kier alpha value is -1.60. The van der Waals surface area contributed by atoms with Gasteiger partial charge in [0.25, 0.3) is 0 Å². The molecule has 1 saturated heterocycles. The summed E-state index contributed by atoms with van der Waals surface area (Å²) in [5.41, 5.74) is 0.0249. The van der Waals surface area contributed by atoms with E-state index in [-0.39, 0.29) is 11.9 Å². The molecule has 1 heterocycles. The van der Waals surface area contributed by atoms with Gasteiger partial charge in [-0.1, -0.05) is 0 Å². The summed E-state index contributed by atoms with van der Waals surface area (Å²) in [6.07, 6.45) is 2.63. The zero-order valence-corrected chi connectivity index (χ0v) is 8.78. The molecule has 0 unspecified atom stereocenters. The third-order valence-electron chi connectivity index (χ3n) is 2.47. The van der Waals surface area contributed by atoms with Crippen LogP contribution in [0.3, 0.4) is 0 Å². The lowest BCUT2D eigenvalue weighted by Crippen LogP contribution is -2.25. The van der Waals surface area contributed by atoms with E-state index in [2.05, 4.69) is 0 Å². The number of hydrogen-bond donors (Lipinski definition) is 0. The van der Waals surface area contributed by atoms with Gasteiger partial charge in [0.2, 0.25) is 0 Å². The fourth-order valence-corrected chi connectivity index (χ4v) is 1.62. The molecule has 0 amide bonds. The number of hydrogen-bond acceptors (Lipinski definition) is 3. The maximum Gasteiger partial charge on any atom is 0.199 e. The number of ether oxygens (including phenoxy) is 2. The Balaban J connectivity index is 2.04. The van der Waals surface area contributed by atoms with Crippen LogP contribution in [0.5, 0.6) is 5.75 Å². The summed E-state index contributed by atoms with van der Waals surface area (Å²) in [6, 6.07) is 5.98. The Bertz CT molecular complexity index is 408. The van der Waals surface area contributed by atoms with E-state index in [0.29, 0.717) is 12.4 Å². The van der Waals surface area contributed by atoms with Gasteiger partial charge in [0, 0.05) is 12.5 Å². The zero-order valence-electron chi connectivity index (χ0n) is 8.78. The van der Waals surface area contributed by atoms with Crippen molar-refractivity contribution >= 4 is 0 Å². The lowest BCUT2D eigenvalue weighted by atomic mass is 10.2. The van der Waals surface area contributed by atoms with Crippen LogP contribution in [0.1, 0.15) is 24.8 Å². The normalized spacial score (nSPS) is 20.1. The molecule has 0 radical (unpaired) electrons. The molecule has 1 aromatic rings. The van der Waals surface area contributed by atoms with Gasteiger partial charge in [-0.25, -0.2) is 4.39 Å². The van der Waals surface area contributed by atoms with Crippen molar-refractivity contribution < 1.29 is 13.9 Å². The molecule has 2 rings (SSSR count). The van der Waals surface area contributed by atoms with Crippen LogP contribution in [0.15, 0.2) is 18.2 Å². The molecule has 1 fully saturated rings. The zero-order chi connectivity index (χ0) is 11.4. The molecule has 4 heteroatoms. The third-order valence-corrected chi connectivity index (χ3v) is 2.47. The maximum absolute atomic E-state index is 13.3. The van der Waals surface area contributed by atoms with Crippen molar-refractivity contribution in [1.82, 2.24) is 0 Å². The van der Waals surface area contributed by atoms with Crippen LogP contribution in [-0.2, 0) is 4.74 Å². The lowest BCUT2D eigenvalue weighted by Gasteiger charge is -2.23. The third kappa shape index (κ3) is 2.50. The standard InChI is InChI=1S/C12H12FNO2/c13-11-7-10(5-4-9(11)8-14)16-12-3-1-2-6-15-12/h4-5,7,12H,1-3,6H2/t12-/m0/s1. The summed E-state index contributed by atoms with van der Waals surface area (Å²) >= 11 is 0. The average Bonchev–Trinajstić information content (AvgIpc) is 2.31. The number of nitrogens with zero attached hydrogens (tertiary/aromatic N) is 1. The molecule has 0 aliphatic carbocycles. The van der Waals surface area contributed by atoms with Gasteiger partial charge in [0.15, 0.2) is 6.29 Å². The first-order valence-electron chi connectivity index (χ1n) is 5.27. The Kier molecular flexibility index (Phi) is 3.37. The number of benzene rings is 1. The highest BCUT2D eigenvalue weighted by molar-refractivity contribution is 5.36. The van der Waals surface area contributed by atoms with E-state index in [9.17, 15) is 4.39 Å². The van der Waals surface area contributed by atoms with Crippen molar-refractivity contribution in [3.8, 4) is 11.8 Å². The summed E-state index contributed by atoms with van der Waals surface area (Å²) in [7, 11) is 0. The Labute approximate surface area is 93.4 Å². The fourth-order valence-electron chi connectivity index (χ4n) is 1.62. The monoisotopic (exact) mass is 221 g/mol. The molecule has 0 bridgehead atoms. The SMILES string of the molecule is N#Cc1ccc(O[C@H]2CCCCO2)cc1F. The van der Waals surface area contributed by atoms with Crippen molar-refractivity contribution in [1.29, 1.82) is 5.26 Å². The van der Waals surface area contributed by atoms with E-state index in [1.165, 1.54) is 12.1 Å². The van der Waals surface area contributed by atoms with E-state index in [1.54, 1.807) is 12.1 Å². The molecular formula is C12H12FNO2. The van der Waals surface area contributed by atoms with Crippen LogP contribution in [0.2, 0.25) is 0 Å². The minimum atomic E-state index is -0.559. The van der Waals surface area contributed by atoms with Gasteiger partial charge in [-0.15, -0.1) is 0 Å². The smallest absolute Gasteiger partial charge is 0.199 e. The van der Waals surface area contributed by atoms with Gasteiger partial charge >= 0.3 is 0 Å². The van der Waals surface area contributed by atoms with Crippen LogP contribution in [0, 0.1) is 17.1 Å². The summed E-state index contributed by atoms with van der Waals surface area (Å²) < 4.78 is 24.1. The molecule has 0 spiro atoms. The number of rotatable bonds is 2. The van der Waals surface area contributed by atoms with E-state index in [1.807, 2.05) is 0 Å². The van der Waals surface area contributed by atoms with Crippen molar-refractivity contribution in [2.24, 2.45) is 0 Å². The summed E-state index contributed by atoms with van der Waals surface area (Å²) in [4.78, 5) is 0. The van der Waals surface area contributed by atoms with E-state index < -0.39 is 5.82 Å². The van der Waals surface area contributed by atoms with Gasteiger partial charge in [-0.3, -0.25) is 0 Å². The van der Waals surface area contributed by atoms with Crippen LogP contribution in [0.25, 0.3) is 0 Å². The molecule has 3 nitrogen and oxygen atoms in total. The minimum Gasteiger partial charge on any atom is -0.465 e. The highest BCUT2D eigenvalue weighted by Gasteiger charge is 2.15. The molecule has 0 saturated carbocycles. The minimum absolute atomic E-state index is 0.0249. The molecule has 1 aliphatic heterocycles. The molecule has 1 aromatic carbocycles. The Morgan fingerprint density at radius 2 is 2.31 bits per heavy atom. The van der Waals surface area contributed by atoms with Crippen molar-refractivity contribution in [3.63, 3.8) is 0 Å². The van der Waals surface area contributed by atoms with Crippen molar-refractivity contribution in [3.05, 3.63) is 29.6 Å². The second-order valence-corrected chi connectivity index (χ2v) is 3.67. The van der Waals surface area contributed by atoms with Crippen LogP contribution in [0.4, 0.5) is 4.39 Å². The van der Waals surface area contributed by atoms with E-state index >= 15 is 0 Å². The topological polar surface area (TPSA) is 42.2 Å². The molecule has 84 valence electrons. The lowest BCUT2D eigenvalue weighted by molar-refractivity contribution is -0.106. The predicted octanol–water partition coefficient (Wildman–Crippen LogP) is 2.60. The Morgan fingerprint density at radius 1 is 1.44 bits per heavy atom. The van der Waals surface area contributed by atoms with Gasteiger partial charge in [0.1, 0.15) is 17.6 Å². The molecule has 16 heavy (non-hydrogen) atoms. The summed E-state index contributed by atoms with van der Waals surface area (Å²) in [5, 5.41) is 8.58. The first kappa shape index (κ1) is 10.9. The molecule has 0 aromatic heterocycles. The molecular weight excluding hydrogens is 209 g/mol. The maximum atomic E-state index is 13.3. The Morgan fingerprint density at radius 3 is 2.94 bits per heavy atom. The quantitative estimate of drug-likeness (QED) is 0.770. The van der Waals surface area contributed by atoms with Gasteiger partial charge in [-0.2, -0.15) is 5.26 Å². The van der Waals surface area contributed by atoms with Gasteiger partial charge in [-0.05, 0) is 25.0 Å². The van der Waals surface area contributed by atoms with E-state index in [4.69, 9.17) is 14.7 Å². The second kappa shape index (κ2) is 4.95. The largest absolute Gasteiger partial charge is 0.465 e. The molecule has 0 N–H and O–H groups in total. The van der Waals surface area contributed by atoms with Gasteiger partial charge in [0.05, 0.1) is 12.2 Å². The second-order valence-electron chi connectivity index (χ2n) is 3.67. The summed E-state index contributed by atoms with van der Waals surface area (Å²) in [5.74, 6) is -0.154. The van der Waals surface area contributed by atoms with E-state index in [0.717, 1.165) is 19.3 Å². The number of nitriles is 1.